The van der Waals surface area contributed by atoms with Crippen molar-refractivity contribution in [2.24, 2.45) is 5.92 Å². The quantitative estimate of drug-likeness (QED) is 0.705. The number of rotatable bonds is 1. The largest absolute Gasteiger partial charge is 0.390 e. The number of benzene rings is 1. The molecule has 102 valence electrons. The Bertz CT molecular complexity index is 752. The highest BCUT2D eigenvalue weighted by Crippen LogP contribution is 2.45. The Morgan fingerprint density at radius 1 is 1.25 bits per heavy atom. The summed E-state index contributed by atoms with van der Waals surface area (Å²) >= 11 is 3.53. The standard InChI is InChI=1S/C16H16N2S2/c1-9-6-7-10-13(8-9)19-15(17)14(10)16-18-11-4-2-3-5-12(11)20-16/h2-5,9H,6-8,17H2,1H3/t9-/m0/s1. The van der Waals surface area contributed by atoms with Crippen molar-refractivity contribution in [1.82, 2.24) is 4.98 Å². The zero-order chi connectivity index (χ0) is 13.7. The number of nitrogens with two attached hydrogens (primary N) is 1. The summed E-state index contributed by atoms with van der Waals surface area (Å²) in [5, 5.41) is 2.04. The molecule has 1 aliphatic rings. The van der Waals surface area contributed by atoms with Crippen molar-refractivity contribution in [2.75, 3.05) is 5.73 Å². The molecule has 4 heteroatoms. The number of nitrogen functional groups attached to an aromatic ring is 1. The van der Waals surface area contributed by atoms with Crippen molar-refractivity contribution in [1.29, 1.82) is 0 Å². The van der Waals surface area contributed by atoms with Gasteiger partial charge in [0.05, 0.1) is 15.2 Å². The Morgan fingerprint density at radius 3 is 2.95 bits per heavy atom. The van der Waals surface area contributed by atoms with Gasteiger partial charge in [0, 0.05) is 10.4 Å². The van der Waals surface area contributed by atoms with Crippen LogP contribution in [0.25, 0.3) is 20.8 Å². The van der Waals surface area contributed by atoms with Crippen molar-refractivity contribution in [3.8, 4) is 10.6 Å². The molecule has 2 N–H and O–H groups in total. The maximum atomic E-state index is 6.31. The van der Waals surface area contributed by atoms with E-state index in [0.717, 1.165) is 27.9 Å². The van der Waals surface area contributed by atoms with Crippen molar-refractivity contribution < 1.29 is 0 Å². The molecule has 4 rings (SSSR count). The number of anilines is 1. The van der Waals surface area contributed by atoms with E-state index >= 15 is 0 Å². The summed E-state index contributed by atoms with van der Waals surface area (Å²) in [5.74, 6) is 0.781. The number of aromatic nitrogens is 1. The van der Waals surface area contributed by atoms with Gasteiger partial charge < -0.3 is 5.73 Å². The Kier molecular flexibility index (Phi) is 2.82. The molecule has 0 saturated carbocycles. The molecule has 1 aliphatic carbocycles. The maximum absolute atomic E-state index is 6.31. The summed E-state index contributed by atoms with van der Waals surface area (Å²) in [7, 11) is 0. The molecule has 2 aromatic heterocycles. The van der Waals surface area contributed by atoms with Crippen molar-refractivity contribution in [3.05, 3.63) is 34.7 Å². The first-order chi connectivity index (χ1) is 9.72. The lowest BCUT2D eigenvalue weighted by Crippen LogP contribution is -2.09. The molecule has 20 heavy (non-hydrogen) atoms. The fraction of sp³-hybridized carbons (Fsp3) is 0.312. The molecule has 0 fully saturated rings. The summed E-state index contributed by atoms with van der Waals surface area (Å²) < 4.78 is 1.24. The Morgan fingerprint density at radius 2 is 2.10 bits per heavy atom. The molecule has 0 unspecified atom stereocenters. The van der Waals surface area contributed by atoms with Crippen LogP contribution in [0.2, 0.25) is 0 Å². The smallest absolute Gasteiger partial charge is 0.127 e. The van der Waals surface area contributed by atoms with Crippen molar-refractivity contribution in [2.45, 2.75) is 26.2 Å². The molecule has 0 bridgehead atoms. The van der Waals surface area contributed by atoms with E-state index in [1.807, 2.05) is 6.07 Å². The predicted octanol–water partition coefficient (Wildman–Crippen LogP) is 4.73. The lowest BCUT2D eigenvalue weighted by molar-refractivity contribution is 0.508. The third kappa shape index (κ3) is 1.86. The van der Waals surface area contributed by atoms with E-state index in [1.165, 1.54) is 33.5 Å². The molecule has 0 radical (unpaired) electrons. The first kappa shape index (κ1) is 12.4. The molecule has 2 nitrogen and oxygen atoms in total. The summed E-state index contributed by atoms with van der Waals surface area (Å²) in [6.07, 6.45) is 3.59. The van der Waals surface area contributed by atoms with Crippen LogP contribution in [0.1, 0.15) is 23.8 Å². The topological polar surface area (TPSA) is 38.9 Å². The second-order valence-electron chi connectivity index (χ2n) is 5.58. The van der Waals surface area contributed by atoms with Gasteiger partial charge in [-0.1, -0.05) is 19.1 Å². The number of hydrogen-bond donors (Lipinski definition) is 1. The van der Waals surface area contributed by atoms with Gasteiger partial charge in [-0.15, -0.1) is 22.7 Å². The van der Waals surface area contributed by atoms with Crippen LogP contribution < -0.4 is 5.73 Å². The number of fused-ring (bicyclic) bond motifs is 2. The van der Waals surface area contributed by atoms with Gasteiger partial charge >= 0.3 is 0 Å². The van der Waals surface area contributed by atoms with E-state index in [0.29, 0.717) is 0 Å². The Balaban J connectivity index is 1.89. The summed E-state index contributed by atoms with van der Waals surface area (Å²) in [4.78, 5) is 6.27. The zero-order valence-electron chi connectivity index (χ0n) is 11.3. The van der Waals surface area contributed by atoms with Crippen LogP contribution in [0, 0.1) is 5.92 Å². The highest BCUT2D eigenvalue weighted by molar-refractivity contribution is 7.22. The maximum Gasteiger partial charge on any atom is 0.127 e. The number of thiazole rings is 1. The molecule has 3 aromatic rings. The van der Waals surface area contributed by atoms with E-state index in [4.69, 9.17) is 10.7 Å². The van der Waals surface area contributed by atoms with E-state index in [9.17, 15) is 0 Å². The highest BCUT2D eigenvalue weighted by Gasteiger charge is 2.25. The van der Waals surface area contributed by atoms with Crippen LogP contribution in [0.15, 0.2) is 24.3 Å². The average Bonchev–Trinajstić information content (AvgIpc) is 2.97. The van der Waals surface area contributed by atoms with Gasteiger partial charge in [-0.05, 0) is 42.9 Å². The van der Waals surface area contributed by atoms with Gasteiger partial charge in [-0.3, -0.25) is 0 Å². The molecular weight excluding hydrogens is 284 g/mol. The molecule has 0 saturated heterocycles. The van der Waals surface area contributed by atoms with Gasteiger partial charge in [-0.2, -0.15) is 0 Å². The summed E-state index contributed by atoms with van der Waals surface area (Å²) in [5.41, 5.74) is 10.1. The van der Waals surface area contributed by atoms with Crippen LogP contribution in [0.3, 0.4) is 0 Å². The predicted molar refractivity (Wildman–Crippen MR) is 88.5 cm³/mol. The normalized spacial score (nSPS) is 18.4. The van der Waals surface area contributed by atoms with Gasteiger partial charge in [0.15, 0.2) is 0 Å². The summed E-state index contributed by atoms with van der Waals surface area (Å²) in [6, 6.07) is 8.32. The Labute approximate surface area is 126 Å². The fourth-order valence-corrected chi connectivity index (χ4v) is 5.39. The Hall–Kier alpha value is -1.39. The molecule has 0 aliphatic heterocycles. The van der Waals surface area contributed by atoms with Crippen LogP contribution >= 0.6 is 22.7 Å². The van der Waals surface area contributed by atoms with E-state index < -0.39 is 0 Å². The molecular formula is C16H16N2S2. The number of hydrogen-bond acceptors (Lipinski definition) is 4. The highest BCUT2D eigenvalue weighted by atomic mass is 32.1. The van der Waals surface area contributed by atoms with Crippen molar-refractivity contribution >= 4 is 37.9 Å². The van der Waals surface area contributed by atoms with E-state index in [-0.39, 0.29) is 0 Å². The fourth-order valence-electron chi connectivity index (χ4n) is 2.99. The number of para-hydroxylation sites is 1. The lowest BCUT2D eigenvalue weighted by atomic mass is 9.88. The molecule has 2 heterocycles. The molecule has 0 amide bonds. The average molecular weight is 300 g/mol. The minimum Gasteiger partial charge on any atom is -0.390 e. The SMILES string of the molecule is C[C@H]1CCc2c(sc(N)c2-c2nc3ccccc3s2)C1. The third-order valence-electron chi connectivity index (χ3n) is 4.05. The second kappa shape index (κ2) is 4.57. The lowest BCUT2D eigenvalue weighted by Gasteiger charge is -2.18. The number of nitrogens with zero attached hydrogens (tertiary/aromatic N) is 1. The molecule has 0 spiro atoms. The molecule has 1 atom stereocenters. The van der Waals surface area contributed by atoms with Gasteiger partial charge in [-0.25, -0.2) is 4.98 Å². The monoisotopic (exact) mass is 300 g/mol. The number of thiophene rings is 1. The van der Waals surface area contributed by atoms with Crippen LogP contribution in [0.5, 0.6) is 0 Å². The van der Waals surface area contributed by atoms with Crippen LogP contribution in [0.4, 0.5) is 5.00 Å². The minimum absolute atomic E-state index is 0.781. The van der Waals surface area contributed by atoms with E-state index in [1.54, 1.807) is 22.7 Å². The zero-order valence-corrected chi connectivity index (χ0v) is 13.0. The van der Waals surface area contributed by atoms with Crippen LogP contribution in [-0.4, -0.2) is 4.98 Å². The van der Waals surface area contributed by atoms with Gasteiger partial charge in [0.25, 0.3) is 0 Å². The molecule has 1 aromatic carbocycles. The second-order valence-corrected chi connectivity index (χ2v) is 7.75. The van der Waals surface area contributed by atoms with Crippen molar-refractivity contribution in [3.63, 3.8) is 0 Å². The summed E-state index contributed by atoms with van der Waals surface area (Å²) in [6.45, 7) is 2.33. The van der Waals surface area contributed by atoms with Crippen LogP contribution in [-0.2, 0) is 12.8 Å². The van der Waals surface area contributed by atoms with Gasteiger partial charge in [0.1, 0.15) is 5.01 Å². The van der Waals surface area contributed by atoms with Gasteiger partial charge in [0.2, 0.25) is 0 Å². The van der Waals surface area contributed by atoms with E-state index in [2.05, 4.69) is 25.1 Å². The third-order valence-corrected chi connectivity index (χ3v) is 6.18. The minimum atomic E-state index is 0.781. The first-order valence-corrected chi connectivity index (χ1v) is 8.61. The first-order valence-electron chi connectivity index (χ1n) is 6.98.